The third kappa shape index (κ3) is 4.40. The van der Waals surface area contributed by atoms with Crippen molar-refractivity contribution in [3.05, 3.63) is 64.2 Å². The maximum atomic E-state index is 6.51. The molecule has 2 unspecified atom stereocenters. The molecule has 1 fully saturated rings. The molecule has 2 atom stereocenters. The van der Waals surface area contributed by atoms with Gasteiger partial charge in [0.1, 0.15) is 12.4 Å². The molecule has 4 heteroatoms. The standard InChI is InChI=1S/C22H27ClN2O/c23-17-3-1-2-15(12-17)13-21-20-14-19(26-11-10-25-18-6-7-18)8-4-16(20)5-9-22(21)24/h1-4,8,12,14,18,21-22,25H,5-7,9-11,13,24H2. The highest BCUT2D eigenvalue weighted by molar-refractivity contribution is 6.30. The summed E-state index contributed by atoms with van der Waals surface area (Å²) in [4.78, 5) is 0. The van der Waals surface area contributed by atoms with Crippen molar-refractivity contribution in [1.82, 2.24) is 5.32 Å². The highest BCUT2D eigenvalue weighted by atomic mass is 35.5. The molecule has 0 heterocycles. The Morgan fingerprint density at radius 3 is 2.81 bits per heavy atom. The monoisotopic (exact) mass is 370 g/mol. The molecule has 3 N–H and O–H groups in total. The van der Waals surface area contributed by atoms with Crippen LogP contribution in [0.25, 0.3) is 0 Å². The summed E-state index contributed by atoms with van der Waals surface area (Å²) >= 11 is 6.16. The van der Waals surface area contributed by atoms with Crippen LogP contribution >= 0.6 is 11.6 Å². The van der Waals surface area contributed by atoms with E-state index in [0.717, 1.165) is 42.6 Å². The lowest BCUT2D eigenvalue weighted by atomic mass is 9.76. The lowest BCUT2D eigenvalue weighted by Gasteiger charge is -2.32. The first-order valence-electron chi connectivity index (χ1n) is 9.68. The molecule has 2 aromatic rings. The Hall–Kier alpha value is -1.55. The second-order valence-corrected chi connectivity index (χ2v) is 8.02. The lowest BCUT2D eigenvalue weighted by Crippen LogP contribution is -2.34. The van der Waals surface area contributed by atoms with E-state index in [9.17, 15) is 0 Å². The molecular weight excluding hydrogens is 344 g/mol. The Kier molecular flexibility index (Phi) is 5.49. The van der Waals surface area contributed by atoms with Crippen LogP contribution in [0.3, 0.4) is 0 Å². The zero-order valence-corrected chi connectivity index (χ0v) is 15.8. The zero-order chi connectivity index (χ0) is 17.9. The van der Waals surface area contributed by atoms with Gasteiger partial charge in [-0.3, -0.25) is 0 Å². The van der Waals surface area contributed by atoms with Crippen LogP contribution in [0.5, 0.6) is 5.75 Å². The van der Waals surface area contributed by atoms with Crippen LogP contribution in [0, 0.1) is 0 Å². The summed E-state index contributed by atoms with van der Waals surface area (Å²) < 4.78 is 5.98. The fourth-order valence-electron chi connectivity index (χ4n) is 3.89. The summed E-state index contributed by atoms with van der Waals surface area (Å²) in [5.74, 6) is 1.26. The number of fused-ring (bicyclic) bond motifs is 1. The number of nitrogens with two attached hydrogens (primary N) is 1. The Balaban J connectivity index is 1.48. The van der Waals surface area contributed by atoms with Crippen molar-refractivity contribution < 1.29 is 4.74 Å². The molecule has 0 aliphatic heterocycles. The van der Waals surface area contributed by atoms with E-state index in [0.29, 0.717) is 12.5 Å². The molecule has 26 heavy (non-hydrogen) atoms. The second kappa shape index (κ2) is 7.99. The van der Waals surface area contributed by atoms with Gasteiger partial charge >= 0.3 is 0 Å². The summed E-state index contributed by atoms with van der Waals surface area (Å²) in [5.41, 5.74) is 10.5. The summed E-state index contributed by atoms with van der Waals surface area (Å²) in [6.07, 6.45) is 5.61. The average Bonchev–Trinajstić information content (AvgIpc) is 3.46. The Labute approximate surface area is 160 Å². The largest absolute Gasteiger partial charge is 0.492 e. The van der Waals surface area contributed by atoms with Crippen LogP contribution in [0.4, 0.5) is 0 Å². The summed E-state index contributed by atoms with van der Waals surface area (Å²) in [5, 5.41) is 4.27. The van der Waals surface area contributed by atoms with Crippen LogP contribution in [0.1, 0.15) is 41.9 Å². The van der Waals surface area contributed by atoms with Crippen molar-refractivity contribution >= 4 is 11.6 Å². The molecule has 2 aromatic carbocycles. The highest BCUT2D eigenvalue weighted by Gasteiger charge is 2.27. The molecule has 2 aliphatic rings. The molecule has 0 amide bonds. The van der Waals surface area contributed by atoms with Gasteiger partial charge in [-0.1, -0.05) is 29.8 Å². The Bertz CT molecular complexity index is 760. The number of benzene rings is 2. The predicted molar refractivity (Wildman–Crippen MR) is 107 cm³/mol. The number of halogens is 1. The topological polar surface area (TPSA) is 47.3 Å². The van der Waals surface area contributed by atoms with Crippen molar-refractivity contribution in [1.29, 1.82) is 0 Å². The molecular formula is C22H27ClN2O. The van der Waals surface area contributed by atoms with E-state index >= 15 is 0 Å². The van der Waals surface area contributed by atoms with Crippen LogP contribution in [-0.4, -0.2) is 25.2 Å². The summed E-state index contributed by atoms with van der Waals surface area (Å²) in [6, 6.07) is 15.5. The predicted octanol–water partition coefficient (Wildman–Crippen LogP) is 4.07. The minimum Gasteiger partial charge on any atom is -0.492 e. The fourth-order valence-corrected chi connectivity index (χ4v) is 4.10. The Morgan fingerprint density at radius 1 is 1.12 bits per heavy atom. The fraction of sp³-hybridized carbons (Fsp3) is 0.455. The number of hydrogen-bond acceptors (Lipinski definition) is 3. The van der Waals surface area contributed by atoms with Gasteiger partial charge in [-0.15, -0.1) is 0 Å². The summed E-state index contributed by atoms with van der Waals surface area (Å²) in [7, 11) is 0. The van der Waals surface area contributed by atoms with E-state index in [1.165, 1.54) is 29.5 Å². The van der Waals surface area contributed by atoms with E-state index in [-0.39, 0.29) is 6.04 Å². The smallest absolute Gasteiger partial charge is 0.119 e. The summed E-state index contributed by atoms with van der Waals surface area (Å²) in [6.45, 7) is 1.62. The molecule has 2 aliphatic carbocycles. The molecule has 138 valence electrons. The van der Waals surface area contributed by atoms with E-state index in [1.54, 1.807) is 0 Å². The van der Waals surface area contributed by atoms with Crippen molar-refractivity contribution in [2.75, 3.05) is 13.2 Å². The molecule has 0 radical (unpaired) electrons. The molecule has 0 bridgehead atoms. The third-order valence-electron chi connectivity index (χ3n) is 5.51. The van der Waals surface area contributed by atoms with Crippen molar-refractivity contribution in [2.24, 2.45) is 5.73 Å². The van der Waals surface area contributed by atoms with Crippen LogP contribution < -0.4 is 15.8 Å². The molecule has 3 nitrogen and oxygen atoms in total. The first-order valence-corrected chi connectivity index (χ1v) is 10.1. The maximum Gasteiger partial charge on any atom is 0.119 e. The van der Waals surface area contributed by atoms with Crippen molar-refractivity contribution in [3.8, 4) is 5.75 Å². The number of rotatable bonds is 7. The van der Waals surface area contributed by atoms with Gasteiger partial charge in [-0.05, 0) is 73.1 Å². The van der Waals surface area contributed by atoms with E-state index < -0.39 is 0 Å². The van der Waals surface area contributed by atoms with Crippen LogP contribution in [0.2, 0.25) is 5.02 Å². The quantitative estimate of drug-likeness (QED) is 0.722. The van der Waals surface area contributed by atoms with E-state index in [1.807, 2.05) is 18.2 Å². The van der Waals surface area contributed by atoms with E-state index in [2.05, 4.69) is 29.6 Å². The number of nitrogens with one attached hydrogen (secondary N) is 1. The van der Waals surface area contributed by atoms with Crippen LogP contribution in [-0.2, 0) is 12.8 Å². The molecule has 0 saturated heterocycles. The van der Waals surface area contributed by atoms with Crippen molar-refractivity contribution in [3.63, 3.8) is 0 Å². The van der Waals surface area contributed by atoms with Gasteiger partial charge in [0, 0.05) is 29.6 Å². The first kappa shape index (κ1) is 17.8. The molecule has 1 saturated carbocycles. The molecule has 4 rings (SSSR count). The normalized spacial score (nSPS) is 22.1. The van der Waals surface area contributed by atoms with Gasteiger partial charge in [-0.2, -0.15) is 0 Å². The van der Waals surface area contributed by atoms with E-state index in [4.69, 9.17) is 22.1 Å². The molecule has 0 spiro atoms. The number of aryl methyl sites for hydroxylation is 1. The van der Waals surface area contributed by atoms with Gasteiger partial charge in [0.05, 0.1) is 0 Å². The minimum absolute atomic E-state index is 0.174. The highest BCUT2D eigenvalue weighted by Crippen LogP contribution is 2.36. The average molecular weight is 371 g/mol. The molecule has 0 aromatic heterocycles. The number of ether oxygens (including phenoxy) is 1. The van der Waals surface area contributed by atoms with Gasteiger partial charge < -0.3 is 15.8 Å². The van der Waals surface area contributed by atoms with Crippen molar-refractivity contribution in [2.45, 2.75) is 50.1 Å². The lowest BCUT2D eigenvalue weighted by molar-refractivity contribution is 0.312. The SMILES string of the molecule is NC1CCc2ccc(OCCNC3CC3)cc2C1Cc1cccc(Cl)c1. The van der Waals surface area contributed by atoms with Gasteiger partial charge in [0.2, 0.25) is 0 Å². The number of hydrogen-bond donors (Lipinski definition) is 2. The van der Waals surface area contributed by atoms with Gasteiger partial charge in [0.15, 0.2) is 0 Å². The Morgan fingerprint density at radius 2 is 2.00 bits per heavy atom. The van der Waals surface area contributed by atoms with Gasteiger partial charge in [0.25, 0.3) is 0 Å². The minimum atomic E-state index is 0.174. The van der Waals surface area contributed by atoms with Crippen LogP contribution in [0.15, 0.2) is 42.5 Å². The van der Waals surface area contributed by atoms with Gasteiger partial charge in [-0.25, -0.2) is 0 Å². The first-order chi connectivity index (χ1) is 12.7. The maximum absolute atomic E-state index is 6.51. The zero-order valence-electron chi connectivity index (χ0n) is 15.1. The third-order valence-corrected chi connectivity index (χ3v) is 5.74. The second-order valence-electron chi connectivity index (χ2n) is 7.58.